The van der Waals surface area contributed by atoms with Crippen molar-refractivity contribution >= 4 is 23.4 Å². The zero-order valence-corrected chi connectivity index (χ0v) is 15.9. The molecule has 0 aromatic heterocycles. The van der Waals surface area contributed by atoms with Crippen LogP contribution < -0.4 is 10.2 Å². The minimum atomic E-state index is -0.0119. The van der Waals surface area contributed by atoms with Gasteiger partial charge < -0.3 is 15.1 Å². The van der Waals surface area contributed by atoms with Gasteiger partial charge in [-0.3, -0.25) is 14.4 Å². The normalized spacial score (nSPS) is 17.9. The van der Waals surface area contributed by atoms with Crippen molar-refractivity contribution in [3.05, 3.63) is 29.8 Å². The molecular formula is C21H29N3O3. The molecule has 0 bridgehead atoms. The fraction of sp³-hybridized carbons (Fsp3) is 0.571. The van der Waals surface area contributed by atoms with Gasteiger partial charge in [0.25, 0.3) is 0 Å². The van der Waals surface area contributed by atoms with Gasteiger partial charge >= 0.3 is 0 Å². The van der Waals surface area contributed by atoms with Gasteiger partial charge in [0, 0.05) is 44.7 Å². The largest absolute Gasteiger partial charge is 0.356 e. The lowest BCUT2D eigenvalue weighted by atomic mass is 10.1. The second-order valence-corrected chi connectivity index (χ2v) is 7.39. The number of nitrogens with zero attached hydrogens (tertiary/aromatic N) is 2. The van der Waals surface area contributed by atoms with Gasteiger partial charge in [-0.15, -0.1) is 0 Å². The summed E-state index contributed by atoms with van der Waals surface area (Å²) in [5, 5.41) is 2.94. The van der Waals surface area contributed by atoms with Crippen molar-refractivity contribution < 1.29 is 14.4 Å². The zero-order chi connectivity index (χ0) is 19.1. The average Bonchev–Trinajstić information content (AvgIpc) is 2.98. The zero-order valence-electron chi connectivity index (χ0n) is 15.9. The van der Waals surface area contributed by atoms with E-state index in [1.54, 1.807) is 4.90 Å². The Labute approximate surface area is 160 Å². The molecule has 0 aliphatic carbocycles. The highest BCUT2D eigenvalue weighted by Crippen LogP contribution is 2.21. The van der Waals surface area contributed by atoms with Crippen LogP contribution in [-0.2, 0) is 20.8 Å². The maximum Gasteiger partial charge on any atom is 0.227 e. The van der Waals surface area contributed by atoms with Crippen LogP contribution in [0.15, 0.2) is 24.3 Å². The van der Waals surface area contributed by atoms with E-state index in [1.807, 2.05) is 29.2 Å². The molecule has 1 aromatic rings. The first-order chi connectivity index (χ1) is 13.1. The van der Waals surface area contributed by atoms with Crippen LogP contribution in [0.2, 0.25) is 0 Å². The third-order valence-electron chi connectivity index (χ3n) is 5.28. The molecule has 1 N–H and O–H groups in total. The Hall–Kier alpha value is -2.37. The van der Waals surface area contributed by atoms with Gasteiger partial charge in [-0.2, -0.15) is 0 Å². The topological polar surface area (TPSA) is 69.7 Å². The van der Waals surface area contributed by atoms with Crippen LogP contribution in [-0.4, -0.2) is 48.8 Å². The molecule has 0 atom stereocenters. The Morgan fingerprint density at radius 3 is 2.44 bits per heavy atom. The van der Waals surface area contributed by atoms with Gasteiger partial charge in [0.15, 0.2) is 0 Å². The first-order valence-corrected chi connectivity index (χ1v) is 10.1. The highest BCUT2D eigenvalue weighted by molar-refractivity contribution is 5.95. The summed E-state index contributed by atoms with van der Waals surface area (Å²) in [6, 6.07) is 7.65. The highest BCUT2D eigenvalue weighted by atomic mass is 16.2. The van der Waals surface area contributed by atoms with E-state index in [9.17, 15) is 14.4 Å². The number of amides is 3. The smallest absolute Gasteiger partial charge is 0.227 e. The van der Waals surface area contributed by atoms with Gasteiger partial charge in [-0.05, 0) is 43.4 Å². The number of carbonyl (C=O) groups is 3. The van der Waals surface area contributed by atoms with E-state index >= 15 is 0 Å². The van der Waals surface area contributed by atoms with Crippen LogP contribution in [0, 0.1) is 0 Å². The third-order valence-corrected chi connectivity index (χ3v) is 5.28. The number of hydrogen-bond acceptors (Lipinski definition) is 3. The minimum Gasteiger partial charge on any atom is -0.356 e. The second kappa shape index (κ2) is 9.53. The summed E-state index contributed by atoms with van der Waals surface area (Å²) < 4.78 is 0. The summed E-state index contributed by atoms with van der Waals surface area (Å²) in [5.41, 5.74) is 1.84. The monoisotopic (exact) mass is 371 g/mol. The van der Waals surface area contributed by atoms with Crippen molar-refractivity contribution in [3.63, 3.8) is 0 Å². The quantitative estimate of drug-likeness (QED) is 0.748. The van der Waals surface area contributed by atoms with Crippen LogP contribution in [0.25, 0.3) is 0 Å². The highest BCUT2D eigenvalue weighted by Gasteiger charge is 2.21. The molecule has 3 rings (SSSR count). The number of nitrogens with one attached hydrogen (secondary N) is 1. The summed E-state index contributed by atoms with van der Waals surface area (Å²) in [7, 11) is 0. The van der Waals surface area contributed by atoms with Crippen molar-refractivity contribution in [1.82, 2.24) is 10.2 Å². The van der Waals surface area contributed by atoms with E-state index in [2.05, 4.69) is 5.32 Å². The van der Waals surface area contributed by atoms with E-state index in [0.717, 1.165) is 63.0 Å². The van der Waals surface area contributed by atoms with Crippen LogP contribution in [0.4, 0.5) is 5.69 Å². The molecule has 0 unspecified atom stereocenters. The van der Waals surface area contributed by atoms with Crippen LogP contribution in [0.5, 0.6) is 0 Å². The Morgan fingerprint density at radius 2 is 1.70 bits per heavy atom. The summed E-state index contributed by atoms with van der Waals surface area (Å²) >= 11 is 0. The first-order valence-electron chi connectivity index (χ1n) is 10.1. The summed E-state index contributed by atoms with van der Waals surface area (Å²) in [6.07, 6.45) is 6.51. The van der Waals surface area contributed by atoms with Gasteiger partial charge in [-0.1, -0.05) is 18.6 Å². The molecule has 2 heterocycles. The van der Waals surface area contributed by atoms with Crippen LogP contribution in [0.1, 0.15) is 50.5 Å². The number of likely N-dealkylation sites (tertiary alicyclic amines) is 1. The Morgan fingerprint density at radius 1 is 0.926 bits per heavy atom. The molecule has 2 fully saturated rings. The SMILES string of the molecule is O=C(Cc1ccc(N2CCCC2=O)cc1)NCCCN1CCCCCC1=O. The third kappa shape index (κ3) is 5.55. The number of carbonyl (C=O) groups excluding carboxylic acids is 3. The second-order valence-electron chi connectivity index (χ2n) is 7.39. The maximum atomic E-state index is 12.1. The van der Waals surface area contributed by atoms with E-state index in [-0.39, 0.29) is 17.7 Å². The van der Waals surface area contributed by atoms with Crippen molar-refractivity contribution in [2.45, 2.75) is 51.4 Å². The summed E-state index contributed by atoms with van der Waals surface area (Å²) in [5.74, 6) is 0.404. The lowest BCUT2D eigenvalue weighted by Gasteiger charge is -2.20. The van der Waals surface area contributed by atoms with Crippen molar-refractivity contribution in [2.75, 3.05) is 31.1 Å². The average molecular weight is 371 g/mol. The number of anilines is 1. The van der Waals surface area contributed by atoms with Gasteiger partial charge in [0.1, 0.15) is 0 Å². The molecule has 3 amide bonds. The standard InChI is InChI=1S/C21H29N3O3/c25-19(22-12-5-14-23-13-3-1-2-6-20(23)26)16-17-8-10-18(11-9-17)24-15-4-7-21(24)27/h8-11H,1-7,12-16H2,(H,22,25). The lowest BCUT2D eigenvalue weighted by molar-refractivity contribution is -0.130. The van der Waals surface area contributed by atoms with Crippen molar-refractivity contribution in [1.29, 1.82) is 0 Å². The van der Waals surface area contributed by atoms with Crippen molar-refractivity contribution in [2.24, 2.45) is 0 Å². The molecule has 2 saturated heterocycles. The minimum absolute atomic E-state index is 0.0119. The predicted octanol–water partition coefficient (Wildman–Crippen LogP) is 2.26. The molecule has 6 heteroatoms. The number of rotatable bonds is 7. The summed E-state index contributed by atoms with van der Waals surface area (Å²) in [6.45, 7) is 2.93. The Balaban J connectivity index is 1.37. The first kappa shape index (κ1) is 19.4. The molecule has 0 radical (unpaired) electrons. The fourth-order valence-corrected chi connectivity index (χ4v) is 3.74. The van der Waals surface area contributed by atoms with E-state index in [0.29, 0.717) is 25.8 Å². The number of hydrogen-bond donors (Lipinski definition) is 1. The van der Waals surface area contributed by atoms with Crippen LogP contribution in [0.3, 0.4) is 0 Å². The lowest BCUT2D eigenvalue weighted by Crippen LogP contribution is -2.34. The summed E-state index contributed by atoms with van der Waals surface area (Å²) in [4.78, 5) is 39.6. The van der Waals surface area contributed by atoms with Gasteiger partial charge in [0.2, 0.25) is 17.7 Å². The van der Waals surface area contributed by atoms with Crippen LogP contribution >= 0.6 is 0 Å². The molecular weight excluding hydrogens is 342 g/mol. The van der Waals surface area contributed by atoms with E-state index in [4.69, 9.17) is 0 Å². The molecule has 2 aliphatic heterocycles. The molecule has 27 heavy (non-hydrogen) atoms. The Kier molecular flexibility index (Phi) is 6.85. The van der Waals surface area contributed by atoms with E-state index < -0.39 is 0 Å². The molecule has 0 spiro atoms. The van der Waals surface area contributed by atoms with Gasteiger partial charge in [-0.25, -0.2) is 0 Å². The Bertz CT molecular complexity index is 672. The molecule has 2 aliphatic rings. The van der Waals surface area contributed by atoms with Crippen molar-refractivity contribution in [3.8, 4) is 0 Å². The molecule has 0 saturated carbocycles. The van der Waals surface area contributed by atoms with E-state index in [1.165, 1.54) is 0 Å². The van der Waals surface area contributed by atoms with Gasteiger partial charge in [0.05, 0.1) is 6.42 Å². The molecule has 6 nitrogen and oxygen atoms in total. The molecule has 146 valence electrons. The fourth-order valence-electron chi connectivity index (χ4n) is 3.74. The maximum absolute atomic E-state index is 12.1. The molecule has 1 aromatic carbocycles. The predicted molar refractivity (Wildman–Crippen MR) is 104 cm³/mol. The number of benzene rings is 1.